The maximum Gasteiger partial charge on any atom is 0.251 e. The summed E-state index contributed by atoms with van der Waals surface area (Å²) in [4.78, 5) is 14.3. The van der Waals surface area contributed by atoms with Gasteiger partial charge in [0.2, 0.25) is 0 Å². The lowest BCUT2D eigenvalue weighted by atomic mass is 10.1. The third kappa shape index (κ3) is 3.94. The van der Waals surface area contributed by atoms with Crippen molar-refractivity contribution >= 4 is 5.91 Å². The molecule has 3 N–H and O–H groups in total. The Hall–Kier alpha value is -1.59. The zero-order valence-corrected chi connectivity index (χ0v) is 11.3. The van der Waals surface area contributed by atoms with Gasteiger partial charge < -0.3 is 15.7 Å². The number of aromatic hydroxyl groups is 1. The van der Waals surface area contributed by atoms with E-state index in [1.54, 1.807) is 25.1 Å². The fourth-order valence-corrected chi connectivity index (χ4v) is 2.16. The Labute approximate surface area is 113 Å². The molecule has 1 saturated heterocycles. The van der Waals surface area contributed by atoms with Crippen molar-refractivity contribution in [2.24, 2.45) is 0 Å². The number of piperazine rings is 1. The Morgan fingerprint density at radius 3 is 2.84 bits per heavy atom. The summed E-state index contributed by atoms with van der Waals surface area (Å²) >= 11 is 0. The SMILES string of the molecule is Cc1cc(C(=O)NCCN2CCNCC2)ccc1O. The summed E-state index contributed by atoms with van der Waals surface area (Å²) < 4.78 is 0. The van der Waals surface area contributed by atoms with Crippen LogP contribution in [0.5, 0.6) is 5.75 Å². The molecule has 1 aromatic carbocycles. The molecule has 1 aliphatic heterocycles. The van der Waals surface area contributed by atoms with E-state index in [4.69, 9.17) is 0 Å². The third-order valence-corrected chi connectivity index (χ3v) is 3.38. The molecule has 19 heavy (non-hydrogen) atoms. The number of nitrogens with one attached hydrogen (secondary N) is 2. The highest BCUT2D eigenvalue weighted by atomic mass is 16.3. The molecule has 1 aliphatic rings. The first-order valence-corrected chi connectivity index (χ1v) is 6.68. The molecule has 1 amide bonds. The maximum atomic E-state index is 11.9. The highest BCUT2D eigenvalue weighted by molar-refractivity contribution is 5.94. The Bertz CT molecular complexity index is 442. The van der Waals surface area contributed by atoms with Crippen LogP contribution in [0, 0.1) is 6.92 Å². The third-order valence-electron chi connectivity index (χ3n) is 3.38. The zero-order valence-electron chi connectivity index (χ0n) is 11.3. The van der Waals surface area contributed by atoms with Gasteiger partial charge in [0.1, 0.15) is 5.75 Å². The Balaban J connectivity index is 1.78. The van der Waals surface area contributed by atoms with Crippen molar-refractivity contribution in [2.75, 3.05) is 39.3 Å². The van der Waals surface area contributed by atoms with E-state index in [9.17, 15) is 9.90 Å². The van der Waals surface area contributed by atoms with Gasteiger partial charge in [-0.15, -0.1) is 0 Å². The molecule has 104 valence electrons. The summed E-state index contributed by atoms with van der Waals surface area (Å²) in [5.41, 5.74) is 1.31. The summed E-state index contributed by atoms with van der Waals surface area (Å²) in [6.45, 7) is 7.43. The number of phenolic OH excluding ortho intramolecular Hbond substituents is 1. The molecular weight excluding hydrogens is 242 g/mol. The minimum atomic E-state index is -0.0850. The second kappa shape index (κ2) is 6.54. The molecule has 1 fully saturated rings. The van der Waals surface area contributed by atoms with E-state index >= 15 is 0 Å². The molecule has 0 atom stereocenters. The lowest BCUT2D eigenvalue weighted by molar-refractivity contribution is 0.0947. The Morgan fingerprint density at radius 1 is 1.42 bits per heavy atom. The first-order valence-electron chi connectivity index (χ1n) is 6.68. The monoisotopic (exact) mass is 263 g/mol. The summed E-state index contributed by atoms with van der Waals surface area (Å²) in [6, 6.07) is 4.90. The van der Waals surface area contributed by atoms with Gasteiger partial charge in [-0.05, 0) is 30.7 Å². The topological polar surface area (TPSA) is 64.6 Å². The second-order valence-corrected chi connectivity index (χ2v) is 4.85. The number of phenols is 1. The van der Waals surface area contributed by atoms with Crippen molar-refractivity contribution in [1.29, 1.82) is 0 Å². The standard InChI is InChI=1S/C14H21N3O2/c1-11-10-12(2-3-13(11)18)14(19)16-6-9-17-7-4-15-5-8-17/h2-3,10,15,18H,4-9H2,1H3,(H,16,19). The van der Waals surface area contributed by atoms with Gasteiger partial charge >= 0.3 is 0 Å². The number of nitrogens with zero attached hydrogens (tertiary/aromatic N) is 1. The van der Waals surface area contributed by atoms with Gasteiger partial charge in [0.25, 0.3) is 5.91 Å². The number of aryl methyl sites for hydroxylation is 1. The molecular formula is C14H21N3O2. The number of hydrogen-bond donors (Lipinski definition) is 3. The number of benzene rings is 1. The van der Waals surface area contributed by atoms with Crippen LogP contribution in [0.15, 0.2) is 18.2 Å². The van der Waals surface area contributed by atoms with Gasteiger partial charge in [-0.25, -0.2) is 0 Å². The van der Waals surface area contributed by atoms with Gasteiger partial charge in [-0.2, -0.15) is 0 Å². The van der Waals surface area contributed by atoms with Gasteiger partial charge in [-0.3, -0.25) is 9.69 Å². The number of amides is 1. The molecule has 0 spiro atoms. The van der Waals surface area contributed by atoms with Crippen LogP contribution in [0.25, 0.3) is 0 Å². The lowest BCUT2D eigenvalue weighted by Crippen LogP contribution is -2.46. The minimum absolute atomic E-state index is 0.0850. The average Bonchev–Trinajstić information content (AvgIpc) is 2.43. The first-order chi connectivity index (χ1) is 9.16. The maximum absolute atomic E-state index is 11.9. The van der Waals surface area contributed by atoms with Gasteiger partial charge in [-0.1, -0.05) is 0 Å². The van der Waals surface area contributed by atoms with Gasteiger partial charge in [0, 0.05) is 44.8 Å². The molecule has 0 aromatic heterocycles. The normalized spacial score (nSPS) is 16.3. The minimum Gasteiger partial charge on any atom is -0.508 e. The van der Waals surface area contributed by atoms with E-state index in [0.29, 0.717) is 12.1 Å². The Kier molecular flexibility index (Phi) is 4.76. The summed E-state index contributed by atoms with van der Waals surface area (Å²) in [5, 5.41) is 15.6. The van der Waals surface area contributed by atoms with Crippen LogP contribution in [-0.4, -0.2) is 55.2 Å². The largest absolute Gasteiger partial charge is 0.508 e. The number of carbonyl (C=O) groups excluding carboxylic acids is 1. The number of rotatable bonds is 4. The van der Waals surface area contributed by atoms with Crippen LogP contribution < -0.4 is 10.6 Å². The van der Waals surface area contributed by atoms with Crippen molar-refractivity contribution in [3.05, 3.63) is 29.3 Å². The molecule has 0 unspecified atom stereocenters. The van der Waals surface area contributed by atoms with Crippen molar-refractivity contribution in [3.8, 4) is 5.75 Å². The van der Waals surface area contributed by atoms with Crippen LogP contribution in [0.1, 0.15) is 15.9 Å². The Morgan fingerprint density at radius 2 is 2.16 bits per heavy atom. The smallest absolute Gasteiger partial charge is 0.251 e. The van der Waals surface area contributed by atoms with Crippen LogP contribution >= 0.6 is 0 Å². The van der Waals surface area contributed by atoms with E-state index in [1.165, 1.54) is 0 Å². The lowest BCUT2D eigenvalue weighted by Gasteiger charge is -2.27. The molecule has 5 nitrogen and oxygen atoms in total. The molecule has 0 aliphatic carbocycles. The first kappa shape index (κ1) is 13.8. The molecule has 0 bridgehead atoms. The van der Waals surface area contributed by atoms with Gasteiger partial charge in [0.15, 0.2) is 0 Å². The summed E-state index contributed by atoms with van der Waals surface area (Å²) in [7, 11) is 0. The molecule has 1 heterocycles. The molecule has 1 aromatic rings. The van der Waals surface area contributed by atoms with Crippen molar-refractivity contribution < 1.29 is 9.90 Å². The second-order valence-electron chi connectivity index (χ2n) is 4.85. The molecule has 2 rings (SSSR count). The average molecular weight is 263 g/mol. The number of hydrogen-bond acceptors (Lipinski definition) is 4. The fourth-order valence-electron chi connectivity index (χ4n) is 2.16. The summed E-state index contributed by atoms with van der Waals surface area (Å²) in [5.74, 6) is 0.135. The van der Waals surface area contributed by atoms with Crippen molar-refractivity contribution in [1.82, 2.24) is 15.5 Å². The molecule has 0 radical (unpaired) electrons. The van der Waals surface area contributed by atoms with Gasteiger partial charge in [0.05, 0.1) is 0 Å². The van der Waals surface area contributed by atoms with E-state index in [-0.39, 0.29) is 11.7 Å². The van der Waals surface area contributed by atoms with E-state index in [0.717, 1.165) is 38.3 Å². The van der Waals surface area contributed by atoms with Crippen LogP contribution in [0.2, 0.25) is 0 Å². The highest BCUT2D eigenvalue weighted by Gasteiger charge is 2.10. The highest BCUT2D eigenvalue weighted by Crippen LogP contribution is 2.16. The molecule has 0 saturated carbocycles. The number of carbonyl (C=O) groups is 1. The van der Waals surface area contributed by atoms with E-state index < -0.39 is 0 Å². The van der Waals surface area contributed by atoms with E-state index in [1.807, 2.05) is 0 Å². The van der Waals surface area contributed by atoms with Crippen LogP contribution in [0.3, 0.4) is 0 Å². The fraction of sp³-hybridized carbons (Fsp3) is 0.500. The van der Waals surface area contributed by atoms with E-state index in [2.05, 4.69) is 15.5 Å². The zero-order chi connectivity index (χ0) is 13.7. The summed E-state index contributed by atoms with van der Waals surface area (Å²) in [6.07, 6.45) is 0. The van der Waals surface area contributed by atoms with Crippen LogP contribution in [-0.2, 0) is 0 Å². The predicted octanol–water partition coefficient (Wildman–Crippen LogP) is 0.336. The quantitative estimate of drug-likeness (QED) is 0.733. The van der Waals surface area contributed by atoms with Crippen LogP contribution in [0.4, 0.5) is 0 Å². The predicted molar refractivity (Wildman–Crippen MR) is 74.5 cm³/mol. The van der Waals surface area contributed by atoms with Crippen molar-refractivity contribution in [2.45, 2.75) is 6.92 Å². The van der Waals surface area contributed by atoms with Crippen molar-refractivity contribution in [3.63, 3.8) is 0 Å². The molecule has 5 heteroatoms.